The number of piperidine rings is 1. The number of benzene rings is 1. The number of aromatic nitrogens is 1. The van der Waals surface area contributed by atoms with E-state index in [0.717, 1.165) is 37.2 Å². The first-order chi connectivity index (χ1) is 13.6. The second kappa shape index (κ2) is 7.51. The van der Waals surface area contributed by atoms with Crippen molar-refractivity contribution in [3.8, 4) is 5.75 Å². The van der Waals surface area contributed by atoms with E-state index >= 15 is 0 Å². The molecule has 2 aromatic rings. The monoisotopic (exact) mass is 384 g/mol. The molecule has 6 heteroatoms. The lowest BCUT2D eigenvalue weighted by atomic mass is 9.76. The van der Waals surface area contributed by atoms with Crippen LogP contribution in [0.25, 0.3) is 10.9 Å². The van der Waals surface area contributed by atoms with Gasteiger partial charge in [-0.3, -0.25) is 4.90 Å². The number of carbonyl (C=O) groups is 1. The third-order valence-corrected chi connectivity index (χ3v) is 6.32. The lowest BCUT2D eigenvalue weighted by Crippen LogP contribution is -2.46. The molecule has 150 valence electrons. The first-order valence-corrected chi connectivity index (χ1v) is 9.81. The van der Waals surface area contributed by atoms with Crippen molar-refractivity contribution in [1.29, 1.82) is 0 Å². The van der Waals surface area contributed by atoms with Crippen LogP contribution in [0.1, 0.15) is 30.6 Å². The molecule has 2 aliphatic heterocycles. The molecule has 0 spiro atoms. The van der Waals surface area contributed by atoms with E-state index in [1.54, 1.807) is 20.5 Å². The van der Waals surface area contributed by atoms with Crippen LogP contribution in [0.4, 0.5) is 0 Å². The summed E-state index contributed by atoms with van der Waals surface area (Å²) in [6.45, 7) is 4.16. The Balaban J connectivity index is 1.75. The largest absolute Gasteiger partial charge is 0.504 e. The topological polar surface area (TPSA) is 63.8 Å². The van der Waals surface area contributed by atoms with Crippen molar-refractivity contribution in [3.05, 3.63) is 41.3 Å². The van der Waals surface area contributed by atoms with Crippen molar-refractivity contribution in [1.82, 2.24) is 9.88 Å². The van der Waals surface area contributed by atoms with Crippen LogP contribution in [0.3, 0.4) is 0 Å². The summed E-state index contributed by atoms with van der Waals surface area (Å²) in [6, 6.07) is 6.38. The Morgan fingerprint density at radius 2 is 2.11 bits per heavy atom. The van der Waals surface area contributed by atoms with Gasteiger partial charge >= 0.3 is 5.97 Å². The van der Waals surface area contributed by atoms with Gasteiger partial charge in [0.25, 0.3) is 0 Å². The molecule has 0 bridgehead atoms. The lowest BCUT2D eigenvalue weighted by Gasteiger charge is -2.45. The average molecular weight is 384 g/mol. The number of esters is 1. The number of methoxy groups -OCH3 is 3. The van der Waals surface area contributed by atoms with Crippen molar-refractivity contribution in [2.75, 3.05) is 34.4 Å². The number of H-pyrrole nitrogens is 1. The molecule has 0 radical (unpaired) electrons. The van der Waals surface area contributed by atoms with E-state index in [9.17, 15) is 4.79 Å². The summed E-state index contributed by atoms with van der Waals surface area (Å²) in [5.41, 5.74) is 4.33. The maximum atomic E-state index is 12.4. The molecule has 1 aromatic carbocycles. The van der Waals surface area contributed by atoms with Crippen LogP contribution in [-0.2, 0) is 20.7 Å². The molecule has 1 saturated heterocycles. The molecule has 4 rings (SSSR count). The molecule has 1 fully saturated rings. The predicted molar refractivity (Wildman–Crippen MR) is 107 cm³/mol. The zero-order valence-corrected chi connectivity index (χ0v) is 17.0. The second-order valence-electron chi connectivity index (χ2n) is 7.78. The fraction of sp³-hybridized carbons (Fsp3) is 0.500. The van der Waals surface area contributed by atoms with Crippen LogP contribution in [0.15, 0.2) is 30.0 Å². The number of carbonyl (C=O) groups excluding carboxylic acids is 1. The molecular formula is C22H28N2O4. The summed E-state index contributed by atoms with van der Waals surface area (Å²) in [5.74, 6) is 1.05. The molecule has 0 amide bonds. The minimum absolute atomic E-state index is 0.0907. The Morgan fingerprint density at radius 3 is 2.82 bits per heavy atom. The van der Waals surface area contributed by atoms with Gasteiger partial charge < -0.3 is 19.2 Å². The maximum absolute atomic E-state index is 12.4. The van der Waals surface area contributed by atoms with Crippen molar-refractivity contribution < 1.29 is 19.0 Å². The normalized spacial score (nSPS) is 25.1. The van der Waals surface area contributed by atoms with Crippen LogP contribution in [0, 0.1) is 11.8 Å². The standard InChI is InChI=1S/C22H28N2O4/c1-13-11-24-9-8-14-20-17(6-5-7-19(20)27-3)23-21(14)18(24)10-15(13)16(12-26-2)22(25)28-4/h5-7,12-13,15,18,23H,8-11H2,1-4H3/b16-12+/t13-,15+,18?/m1/s1. The quantitative estimate of drug-likeness (QED) is 0.497. The van der Waals surface area contributed by atoms with E-state index in [1.165, 1.54) is 23.8 Å². The van der Waals surface area contributed by atoms with Crippen LogP contribution >= 0.6 is 0 Å². The van der Waals surface area contributed by atoms with Crippen molar-refractivity contribution in [2.24, 2.45) is 11.8 Å². The van der Waals surface area contributed by atoms with Crippen LogP contribution in [0.2, 0.25) is 0 Å². The fourth-order valence-electron chi connectivity index (χ4n) is 5.03. The summed E-state index contributed by atoms with van der Waals surface area (Å²) < 4.78 is 15.9. The molecule has 0 aliphatic carbocycles. The van der Waals surface area contributed by atoms with Crippen molar-refractivity contribution >= 4 is 16.9 Å². The Bertz CT molecular complexity index is 917. The third kappa shape index (κ3) is 2.96. The highest BCUT2D eigenvalue weighted by atomic mass is 16.5. The molecule has 3 atom stereocenters. The minimum atomic E-state index is -0.304. The van der Waals surface area contributed by atoms with Crippen LogP contribution in [0.5, 0.6) is 5.75 Å². The highest BCUT2D eigenvalue weighted by Crippen LogP contribution is 2.46. The van der Waals surface area contributed by atoms with Gasteiger partial charge in [-0.25, -0.2) is 4.79 Å². The molecule has 0 saturated carbocycles. The molecule has 2 aliphatic rings. The number of nitrogens with one attached hydrogen (secondary N) is 1. The molecule has 6 nitrogen and oxygen atoms in total. The van der Waals surface area contributed by atoms with Crippen LogP contribution in [-0.4, -0.2) is 50.3 Å². The van der Waals surface area contributed by atoms with E-state index in [4.69, 9.17) is 14.2 Å². The van der Waals surface area contributed by atoms with E-state index in [1.807, 2.05) is 12.1 Å². The van der Waals surface area contributed by atoms with Crippen molar-refractivity contribution in [2.45, 2.75) is 25.8 Å². The van der Waals surface area contributed by atoms with Gasteiger partial charge in [0.1, 0.15) is 5.75 Å². The highest BCUT2D eigenvalue weighted by molar-refractivity contribution is 5.91. The third-order valence-electron chi connectivity index (χ3n) is 6.32. The molecule has 1 unspecified atom stereocenters. The second-order valence-corrected chi connectivity index (χ2v) is 7.78. The summed E-state index contributed by atoms with van der Waals surface area (Å²) in [6.07, 6.45) is 3.41. The predicted octanol–water partition coefficient (Wildman–Crippen LogP) is 3.44. The Labute approximate surface area is 165 Å². The fourth-order valence-corrected chi connectivity index (χ4v) is 5.03. The zero-order chi connectivity index (χ0) is 19.8. The smallest absolute Gasteiger partial charge is 0.337 e. The number of rotatable bonds is 4. The van der Waals surface area contributed by atoms with Crippen molar-refractivity contribution in [3.63, 3.8) is 0 Å². The molecule has 1 N–H and O–H groups in total. The molecule has 28 heavy (non-hydrogen) atoms. The van der Waals surface area contributed by atoms with Gasteiger partial charge in [0, 0.05) is 29.7 Å². The number of hydrogen-bond acceptors (Lipinski definition) is 5. The number of ether oxygens (including phenoxy) is 3. The molecule has 3 heterocycles. The molecule has 1 aromatic heterocycles. The number of nitrogens with zero attached hydrogens (tertiary/aromatic N) is 1. The van der Waals surface area contributed by atoms with Gasteiger partial charge in [-0.2, -0.15) is 0 Å². The zero-order valence-electron chi connectivity index (χ0n) is 17.0. The van der Waals surface area contributed by atoms with Gasteiger partial charge in [-0.15, -0.1) is 0 Å². The Hall–Kier alpha value is -2.47. The van der Waals surface area contributed by atoms with Gasteiger partial charge in [-0.05, 0) is 42.4 Å². The van der Waals surface area contributed by atoms with Gasteiger partial charge in [0.2, 0.25) is 0 Å². The van der Waals surface area contributed by atoms with E-state index < -0.39 is 0 Å². The Kier molecular flexibility index (Phi) is 5.06. The first kappa shape index (κ1) is 18.9. The summed E-state index contributed by atoms with van der Waals surface area (Å²) in [5, 5.41) is 1.19. The van der Waals surface area contributed by atoms with E-state index in [0.29, 0.717) is 11.5 Å². The summed E-state index contributed by atoms with van der Waals surface area (Å²) in [4.78, 5) is 18.6. The molecular weight excluding hydrogens is 356 g/mol. The summed E-state index contributed by atoms with van der Waals surface area (Å²) >= 11 is 0. The number of hydrogen-bond donors (Lipinski definition) is 1. The highest BCUT2D eigenvalue weighted by Gasteiger charge is 2.41. The maximum Gasteiger partial charge on any atom is 0.337 e. The lowest BCUT2D eigenvalue weighted by molar-refractivity contribution is -0.137. The van der Waals surface area contributed by atoms with Gasteiger partial charge in [0.15, 0.2) is 0 Å². The average Bonchev–Trinajstić information content (AvgIpc) is 3.10. The SMILES string of the molecule is CO/C=C(/C(=O)OC)[C@H]1CC2c3[nH]c4cccc(OC)c4c3CCN2C[C@H]1C. The van der Waals surface area contributed by atoms with E-state index in [2.05, 4.69) is 22.9 Å². The minimum Gasteiger partial charge on any atom is -0.504 e. The van der Waals surface area contributed by atoms with Gasteiger partial charge in [-0.1, -0.05) is 13.0 Å². The van der Waals surface area contributed by atoms with Gasteiger partial charge in [0.05, 0.1) is 39.2 Å². The number of fused-ring (bicyclic) bond motifs is 5. The first-order valence-electron chi connectivity index (χ1n) is 9.81. The van der Waals surface area contributed by atoms with Crippen LogP contribution < -0.4 is 4.74 Å². The van der Waals surface area contributed by atoms with E-state index in [-0.39, 0.29) is 17.9 Å². The number of aromatic amines is 1. The Morgan fingerprint density at radius 1 is 1.29 bits per heavy atom. The summed E-state index contributed by atoms with van der Waals surface area (Å²) in [7, 11) is 4.72.